The molecule has 0 saturated heterocycles. The van der Waals surface area contributed by atoms with Gasteiger partial charge in [0, 0.05) is 38.1 Å². The van der Waals surface area contributed by atoms with Crippen LogP contribution >= 0.6 is 14.4 Å². The van der Waals surface area contributed by atoms with E-state index in [4.69, 9.17) is 0 Å². The molecule has 0 saturated carbocycles. The molecule has 6 rings (SSSR count). The average Bonchev–Trinajstić information content (AvgIpc) is 3.39. The Hall–Kier alpha value is -3.90. The van der Waals surface area contributed by atoms with Gasteiger partial charge in [-0.2, -0.15) is 0 Å². The number of hydrogen-bond acceptors (Lipinski definition) is 2. The van der Waals surface area contributed by atoms with Crippen LogP contribution in [0.3, 0.4) is 0 Å². The molecule has 0 spiro atoms. The quantitative estimate of drug-likeness (QED) is 0.252. The summed E-state index contributed by atoms with van der Waals surface area (Å²) in [5, 5.41) is 4.47. The lowest BCUT2D eigenvalue weighted by Crippen LogP contribution is -2.25. The minimum absolute atomic E-state index is 0.688. The highest BCUT2D eigenvalue weighted by Crippen LogP contribution is 2.51. The van der Waals surface area contributed by atoms with Crippen molar-refractivity contribution in [1.29, 1.82) is 0 Å². The van der Waals surface area contributed by atoms with Crippen LogP contribution in [-0.4, -0.2) is 4.34 Å². The van der Waals surface area contributed by atoms with Crippen molar-refractivity contribution < 1.29 is 9.13 Å². The van der Waals surface area contributed by atoms with Crippen LogP contribution in [-0.2, 0) is 9.13 Å². The normalized spacial score (nSPS) is 12.0. The van der Waals surface area contributed by atoms with Gasteiger partial charge in [-0.3, -0.25) is 8.90 Å². The third-order valence-electron chi connectivity index (χ3n) is 6.77. The van der Waals surface area contributed by atoms with E-state index in [9.17, 15) is 0 Å². The van der Waals surface area contributed by atoms with E-state index in [-0.39, 0.29) is 0 Å². The van der Waals surface area contributed by atoms with E-state index < -0.39 is 14.4 Å². The van der Waals surface area contributed by atoms with Crippen LogP contribution in [0.4, 0.5) is 0 Å². The highest BCUT2D eigenvalue weighted by atomic mass is 31.2. The minimum atomic E-state index is -3.36. The fourth-order valence-corrected chi connectivity index (χ4v) is 10.6. The van der Waals surface area contributed by atoms with Crippen LogP contribution in [0.1, 0.15) is 0 Å². The third kappa shape index (κ3) is 3.83. The largest absolute Gasteiger partial charge is 0.309 e. The highest BCUT2D eigenvalue weighted by molar-refractivity contribution is 7.86. The predicted octanol–water partition coefficient (Wildman–Crippen LogP) is 6.06. The minimum Gasteiger partial charge on any atom is -0.309 e. The van der Waals surface area contributed by atoms with Gasteiger partial charge in [-0.05, 0) is 30.3 Å². The Kier molecular flexibility index (Phi) is 6.05. The zero-order valence-corrected chi connectivity index (χ0v) is 21.9. The van der Waals surface area contributed by atoms with Crippen molar-refractivity contribution in [3.63, 3.8) is 0 Å². The Morgan fingerprint density at radius 1 is 0.432 bits per heavy atom. The smallest absolute Gasteiger partial charge is 0.233 e. The summed E-state index contributed by atoms with van der Waals surface area (Å²) < 4.78 is 32.5. The number of fused-ring (bicyclic) bond motifs is 1. The summed E-state index contributed by atoms with van der Waals surface area (Å²) in [6.07, 6.45) is 1.88. The van der Waals surface area contributed by atoms with Gasteiger partial charge >= 0.3 is 0 Å². The first kappa shape index (κ1) is 23.5. The summed E-state index contributed by atoms with van der Waals surface area (Å²) in [4.78, 5) is 0. The maximum absolute atomic E-state index is 15.3. The molecule has 0 aliphatic carbocycles. The summed E-state index contributed by atoms with van der Waals surface area (Å²) in [5.74, 6) is 0. The van der Waals surface area contributed by atoms with Crippen molar-refractivity contribution in [1.82, 2.24) is 4.34 Å². The molecular weight excluding hydrogens is 492 g/mol. The Balaban J connectivity index is 1.72. The van der Waals surface area contributed by atoms with Crippen molar-refractivity contribution in [2.75, 3.05) is 0 Å². The average molecular weight is 518 g/mol. The van der Waals surface area contributed by atoms with Crippen LogP contribution in [0.25, 0.3) is 10.9 Å². The molecule has 6 aromatic rings. The molecular formula is C32H25NO2P2. The molecule has 5 aromatic carbocycles. The van der Waals surface area contributed by atoms with Gasteiger partial charge in [0.15, 0.2) is 7.14 Å². The standard InChI is InChI=1S/C32H25NO2P2/c34-36(26-15-5-1-6-16-26,27-17-7-2-8-18-27)32-25-33(31-24-14-13-23-30(31)32)37(35,28-19-9-3-10-20-28)29-21-11-4-12-22-29/h1-25H. The van der Waals surface area contributed by atoms with Crippen LogP contribution in [0.5, 0.6) is 0 Å². The van der Waals surface area contributed by atoms with E-state index >= 15 is 9.13 Å². The number of benzene rings is 5. The number of nitrogens with zero attached hydrogens (tertiary/aromatic N) is 1. The SMILES string of the molecule is O=P(c1ccccc1)(c1ccccc1)c1cn(P(=O)(c2ccccc2)c2ccccc2)c2ccccc12. The molecule has 1 aromatic heterocycles. The molecule has 0 atom stereocenters. The fourth-order valence-electron chi connectivity index (χ4n) is 4.99. The molecule has 0 amide bonds. The van der Waals surface area contributed by atoms with Crippen LogP contribution < -0.4 is 26.5 Å². The van der Waals surface area contributed by atoms with Crippen molar-refractivity contribution in [2.24, 2.45) is 0 Å². The molecule has 5 heteroatoms. The summed E-state index contributed by atoms with van der Waals surface area (Å²) in [6, 6.07) is 46.2. The topological polar surface area (TPSA) is 39.1 Å². The molecule has 0 fully saturated rings. The van der Waals surface area contributed by atoms with Gasteiger partial charge in [0.1, 0.15) is 0 Å². The van der Waals surface area contributed by atoms with Crippen molar-refractivity contribution >= 4 is 51.9 Å². The second kappa shape index (κ2) is 9.52. The summed E-state index contributed by atoms with van der Waals surface area (Å²) in [5.41, 5.74) is 0.792. The Bertz CT molecular complexity index is 1550. The Morgan fingerprint density at radius 3 is 1.27 bits per heavy atom. The van der Waals surface area contributed by atoms with Crippen LogP contribution in [0, 0.1) is 0 Å². The fraction of sp³-hybridized carbons (Fsp3) is 0. The maximum atomic E-state index is 15.3. The first-order valence-corrected chi connectivity index (χ1v) is 15.5. The van der Waals surface area contributed by atoms with Gasteiger partial charge < -0.3 is 4.57 Å². The molecule has 0 bridgehead atoms. The number of hydrogen-bond donors (Lipinski definition) is 0. The van der Waals surface area contributed by atoms with Gasteiger partial charge in [-0.1, -0.05) is 115 Å². The van der Waals surface area contributed by atoms with E-state index in [1.54, 1.807) is 0 Å². The first-order chi connectivity index (χ1) is 18.1. The molecule has 0 N–H and O–H groups in total. The molecule has 37 heavy (non-hydrogen) atoms. The zero-order chi connectivity index (χ0) is 25.3. The van der Waals surface area contributed by atoms with Crippen molar-refractivity contribution in [3.05, 3.63) is 152 Å². The van der Waals surface area contributed by atoms with Gasteiger partial charge in [-0.15, -0.1) is 0 Å². The molecule has 1 heterocycles. The lowest BCUT2D eigenvalue weighted by molar-refractivity contribution is 0.582. The Morgan fingerprint density at radius 2 is 0.811 bits per heavy atom. The molecule has 180 valence electrons. The molecule has 0 radical (unpaired) electrons. The molecule has 0 aliphatic heterocycles. The lowest BCUT2D eigenvalue weighted by Gasteiger charge is -2.22. The molecule has 3 nitrogen and oxygen atoms in total. The predicted molar refractivity (Wildman–Crippen MR) is 156 cm³/mol. The summed E-state index contributed by atoms with van der Waals surface area (Å²) in [7, 11) is -6.65. The monoisotopic (exact) mass is 517 g/mol. The van der Waals surface area contributed by atoms with E-state index in [1.165, 1.54) is 0 Å². The van der Waals surface area contributed by atoms with Gasteiger partial charge in [0.2, 0.25) is 7.29 Å². The van der Waals surface area contributed by atoms with Gasteiger partial charge in [0.25, 0.3) is 0 Å². The van der Waals surface area contributed by atoms with E-state index in [0.717, 1.165) is 32.1 Å². The molecule has 0 unspecified atom stereocenters. The number of aromatic nitrogens is 1. The number of rotatable bonds is 6. The second-order valence-electron chi connectivity index (χ2n) is 8.90. The third-order valence-corrected chi connectivity index (χ3v) is 12.8. The highest BCUT2D eigenvalue weighted by Gasteiger charge is 2.37. The van der Waals surface area contributed by atoms with Crippen molar-refractivity contribution in [3.8, 4) is 0 Å². The number of para-hydroxylation sites is 1. The molecule has 0 aliphatic rings. The van der Waals surface area contributed by atoms with E-state index in [0.29, 0.717) is 5.30 Å². The van der Waals surface area contributed by atoms with E-state index in [1.807, 2.05) is 156 Å². The van der Waals surface area contributed by atoms with Gasteiger partial charge in [-0.25, -0.2) is 0 Å². The first-order valence-electron chi connectivity index (χ1n) is 12.2. The van der Waals surface area contributed by atoms with Gasteiger partial charge in [0.05, 0.1) is 5.52 Å². The summed E-state index contributed by atoms with van der Waals surface area (Å²) in [6.45, 7) is 0. The maximum Gasteiger partial charge on any atom is 0.233 e. The zero-order valence-electron chi connectivity index (χ0n) is 20.1. The Labute approximate surface area is 216 Å². The lowest BCUT2D eigenvalue weighted by atomic mass is 10.2. The van der Waals surface area contributed by atoms with Crippen LogP contribution in [0.2, 0.25) is 0 Å². The van der Waals surface area contributed by atoms with Crippen molar-refractivity contribution in [2.45, 2.75) is 0 Å². The van der Waals surface area contributed by atoms with Crippen LogP contribution in [0.15, 0.2) is 152 Å². The second-order valence-corrected chi connectivity index (χ2v) is 14.3. The van der Waals surface area contributed by atoms with E-state index in [2.05, 4.69) is 0 Å². The summed E-state index contributed by atoms with van der Waals surface area (Å²) >= 11 is 0.